The van der Waals surface area contributed by atoms with E-state index in [1.54, 1.807) is 0 Å². The summed E-state index contributed by atoms with van der Waals surface area (Å²) in [5.41, 5.74) is 7.48. The highest BCUT2D eigenvalue weighted by Crippen LogP contribution is 2.48. The number of halogens is 1. The summed E-state index contributed by atoms with van der Waals surface area (Å²) in [5, 5.41) is 0. The summed E-state index contributed by atoms with van der Waals surface area (Å²) in [4.78, 5) is 4.25. The van der Waals surface area contributed by atoms with Crippen LogP contribution in [-0.2, 0) is 11.2 Å². The number of nitrogens with two attached hydrogens (primary N) is 1. The van der Waals surface area contributed by atoms with Crippen molar-refractivity contribution in [1.29, 1.82) is 0 Å². The Labute approximate surface area is 116 Å². The van der Waals surface area contributed by atoms with Crippen molar-refractivity contribution in [2.75, 3.05) is 13.2 Å². The molecule has 0 radical (unpaired) electrons. The van der Waals surface area contributed by atoms with Gasteiger partial charge in [-0.2, -0.15) is 0 Å². The van der Waals surface area contributed by atoms with Crippen LogP contribution in [-0.4, -0.2) is 24.2 Å². The number of nitrogens with zero attached hydrogens (tertiary/aromatic N) is 1. The lowest BCUT2D eigenvalue weighted by Crippen LogP contribution is -2.41. The fourth-order valence-electron chi connectivity index (χ4n) is 3.18. The minimum Gasteiger partial charge on any atom is -0.377 e. The summed E-state index contributed by atoms with van der Waals surface area (Å²) in [6.45, 7) is 1.57. The third-order valence-corrected chi connectivity index (χ3v) is 4.71. The van der Waals surface area contributed by atoms with Gasteiger partial charge in [0.1, 0.15) is 0 Å². The number of ether oxygens (including phenoxy) is 1. The van der Waals surface area contributed by atoms with Crippen molar-refractivity contribution >= 4 is 15.9 Å². The predicted molar refractivity (Wildman–Crippen MR) is 74.2 cm³/mol. The van der Waals surface area contributed by atoms with Crippen LogP contribution in [0.5, 0.6) is 0 Å². The highest BCUT2D eigenvalue weighted by atomic mass is 79.9. The Morgan fingerprint density at radius 2 is 2.28 bits per heavy atom. The molecule has 3 nitrogen and oxygen atoms in total. The molecule has 2 heterocycles. The molecule has 2 aliphatic rings. The number of rotatable bonds is 4. The van der Waals surface area contributed by atoms with Crippen molar-refractivity contribution in [3.8, 4) is 0 Å². The molecule has 2 unspecified atom stereocenters. The number of hydrogen-bond donors (Lipinski definition) is 1. The van der Waals surface area contributed by atoms with Crippen molar-refractivity contribution in [1.82, 2.24) is 4.98 Å². The third kappa shape index (κ3) is 2.33. The molecule has 0 aromatic carbocycles. The number of aromatic nitrogens is 1. The molecule has 2 fully saturated rings. The fourth-order valence-corrected chi connectivity index (χ4v) is 3.59. The van der Waals surface area contributed by atoms with Crippen molar-refractivity contribution in [2.24, 2.45) is 17.1 Å². The first kappa shape index (κ1) is 12.6. The summed E-state index contributed by atoms with van der Waals surface area (Å²) in [7, 11) is 0. The first-order valence-corrected chi connectivity index (χ1v) is 7.44. The van der Waals surface area contributed by atoms with Crippen LogP contribution in [0.4, 0.5) is 0 Å². The Morgan fingerprint density at radius 3 is 2.94 bits per heavy atom. The van der Waals surface area contributed by atoms with Gasteiger partial charge in [-0.3, -0.25) is 4.98 Å². The molecule has 1 aliphatic heterocycles. The number of hydrogen-bond acceptors (Lipinski definition) is 3. The molecule has 2 N–H and O–H groups in total. The lowest BCUT2D eigenvalue weighted by Gasteiger charge is -2.33. The van der Waals surface area contributed by atoms with Crippen molar-refractivity contribution in [3.63, 3.8) is 0 Å². The maximum absolute atomic E-state index is 6.10. The van der Waals surface area contributed by atoms with Gasteiger partial charge in [-0.1, -0.05) is 0 Å². The zero-order chi connectivity index (χ0) is 12.6. The molecule has 1 aromatic rings. The van der Waals surface area contributed by atoms with Gasteiger partial charge in [-0.05, 0) is 59.2 Å². The van der Waals surface area contributed by atoms with Crippen LogP contribution in [0.3, 0.4) is 0 Å². The van der Waals surface area contributed by atoms with Crippen molar-refractivity contribution in [3.05, 3.63) is 28.5 Å². The van der Waals surface area contributed by atoms with Gasteiger partial charge in [0.2, 0.25) is 0 Å². The molecular formula is C14H19BrN2O. The molecule has 98 valence electrons. The van der Waals surface area contributed by atoms with E-state index < -0.39 is 0 Å². The molecule has 1 aromatic heterocycles. The van der Waals surface area contributed by atoms with Crippen LogP contribution in [0.1, 0.15) is 24.8 Å². The Hall–Kier alpha value is -0.450. The molecular weight excluding hydrogens is 292 g/mol. The maximum atomic E-state index is 6.10. The van der Waals surface area contributed by atoms with E-state index in [0.717, 1.165) is 29.8 Å². The molecule has 0 bridgehead atoms. The van der Waals surface area contributed by atoms with Crippen LogP contribution in [0, 0.1) is 11.3 Å². The zero-order valence-electron chi connectivity index (χ0n) is 10.4. The standard InChI is InChI=1S/C14H19BrN2O/c15-12-5-10(7-17-8-12)6-14(9-16)3-4-18-13(14)11-1-2-11/h5,7-8,11,13H,1-4,6,9,16H2. The van der Waals surface area contributed by atoms with Crippen LogP contribution in [0.2, 0.25) is 0 Å². The Bertz CT molecular complexity index is 436. The minimum absolute atomic E-state index is 0.129. The molecule has 1 saturated heterocycles. The summed E-state index contributed by atoms with van der Waals surface area (Å²) in [6, 6.07) is 2.15. The quantitative estimate of drug-likeness (QED) is 0.929. The molecule has 0 amide bonds. The lowest BCUT2D eigenvalue weighted by molar-refractivity contribution is 0.0344. The maximum Gasteiger partial charge on any atom is 0.0675 e. The Morgan fingerprint density at radius 1 is 1.44 bits per heavy atom. The molecule has 1 saturated carbocycles. The fraction of sp³-hybridized carbons (Fsp3) is 0.643. The zero-order valence-corrected chi connectivity index (χ0v) is 12.0. The van der Waals surface area contributed by atoms with E-state index in [2.05, 4.69) is 27.0 Å². The summed E-state index contributed by atoms with van der Waals surface area (Å²) in [5.74, 6) is 0.746. The van der Waals surface area contributed by atoms with Crippen LogP contribution < -0.4 is 5.73 Å². The average molecular weight is 311 g/mol. The molecule has 1 aliphatic carbocycles. The van der Waals surface area contributed by atoms with Gasteiger partial charge in [-0.25, -0.2) is 0 Å². The topological polar surface area (TPSA) is 48.1 Å². The van der Waals surface area contributed by atoms with Crippen molar-refractivity contribution < 1.29 is 4.74 Å². The van der Waals surface area contributed by atoms with Gasteiger partial charge in [0.25, 0.3) is 0 Å². The van der Waals surface area contributed by atoms with E-state index in [-0.39, 0.29) is 5.41 Å². The van der Waals surface area contributed by atoms with E-state index in [1.807, 2.05) is 12.4 Å². The van der Waals surface area contributed by atoms with Crippen LogP contribution in [0.25, 0.3) is 0 Å². The summed E-state index contributed by atoms with van der Waals surface area (Å²) in [6.07, 6.45) is 8.81. The van der Waals surface area contributed by atoms with E-state index >= 15 is 0 Å². The molecule has 0 spiro atoms. The molecule has 2 atom stereocenters. The van der Waals surface area contributed by atoms with E-state index in [1.165, 1.54) is 18.4 Å². The largest absolute Gasteiger partial charge is 0.377 e. The Balaban J connectivity index is 1.82. The average Bonchev–Trinajstić information content (AvgIpc) is 3.12. The highest BCUT2D eigenvalue weighted by molar-refractivity contribution is 9.10. The lowest BCUT2D eigenvalue weighted by atomic mass is 9.74. The van der Waals surface area contributed by atoms with Gasteiger partial charge >= 0.3 is 0 Å². The first-order chi connectivity index (χ1) is 8.73. The normalized spacial score (nSPS) is 31.8. The Kier molecular flexibility index (Phi) is 3.43. The first-order valence-electron chi connectivity index (χ1n) is 6.65. The summed E-state index contributed by atoms with van der Waals surface area (Å²) >= 11 is 3.48. The SMILES string of the molecule is NCC1(Cc2cncc(Br)c2)CCOC1C1CC1. The monoisotopic (exact) mass is 310 g/mol. The second-order valence-corrected chi connectivity index (χ2v) is 6.55. The van der Waals surface area contributed by atoms with Crippen LogP contribution >= 0.6 is 15.9 Å². The van der Waals surface area contributed by atoms with Gasteiger partial charge < -0.3 is 10.5 Å². The van der Waals surface area contributed by atoms with E-state index in [0.29, 0.717) is 12.6 Å². The van der Waals surface area contributed by atoms with Crippen LogP contribution in [0.15, 0.2) is 22.9 Å². The van der Waals surface area contributed by atoms with Gasteiger partial charge in [0.15, 0.2) is 0 Å². The molecule has 18 heavy (non-hydrogen) atoms. The van der Waals surface area contributed by atoms with Gasteiger partial charge in [0, 0.05) is 35.4 Å². The van der Waals surface area contributed by atoms with E-state index in [4.69, 9.17) is 10.5 Å². The van der Waals surface area contributed by atoms with E-state index in [9.17, 15) is 0 Å². The van der Waals surface area contributed by atoms with Crippen molar-refractivity contribution in [2.45, 2.75) is 31.8 Å². The second kappa shape index (κ2) is 4.91. The smallest absolute Gasteiger partial charge is 0.0675 e. The number of pyridine rings is 1. The predicted octanol–water partition coefficient (Wildman–Crippen LogP) is 2.53. The summed E-state index contributed by atoms with van der Waals surface area (Å²) < 4.78 is 7.01. The molecule has 4 heteroatoms. The highest BCUT2D eigenvalue weighted by Gasteiger charge is 2.50. The molecule has 3 rings (SSSR count). The third-order valence-electron chi connectivity index (χ3n) is 4.28. The minimum atomic E-state index is 0.129. The van der Waals surface area contributed by atoms with Gasteiger partial charge in [-0.15, -0.1) is 0 Å². The van der Waals surface area contributed by atoms with Gasteiger partial charge in [0.05, 0.1) is 6.10 Å². The second-order valence-electron chi connectivity index (χ2n) is 5.63.